The zero-order chi connectivity index (χ0) is 20.8. The number of hydrogen-bond acceptors (Lipinski definition) is 7. The second kappa shape index (κ2) is 9.19. The number of hydrogen-bond donors (Lipinski definition) is 2. The molecule has 0 spiro atoms. The predicted octanol–water partition coefficient (Wildman–Crippen LogP) is 3.56. The molecule has 0 radical (unpaired) electrons. The summed E-state index contributed by atoms with van der Waals surface area (Å²) in [6, 6.07) is 20.6. The normalized spacial score (nSPS) is 10.7. The Hall–Kier alpha value is -3.72. The minimum atomic E-state index is -0.180. The Balaban J connectivity index is 1.27. The van der Waals surface area contributed by atoms with Crippen LogP contribution in [0.4, 0.5) is 5.69 Å². The van der Waals surface area contributed by atoms with Gasteiger partial charge in [0, 0.05) is 5.69 Å². The Bertz CT molecular complexity index is 1100. The minimum absolute atomic E-state index is 0.139. The monoisotopic (exact) mass is 421 g/mol. The molecule has 8 nitrogen and oxygen atoms in total. The first kappa shape index (κ1) is 19.6. The number of aromatic nitrogens is 3. The Morgan fingerprint density at radius 2 is 1.87 bits per heavy atom. The first-order valence-electron chi connectivity index (χ1n) is 9.13. The number of nitrogens with zero attached hydrogens (tertiary/aromatic N) is 3. The Labute approximate surface area is 177 Å². The topological polar surface area (TPSA) is 108 Å². The van der Waals surface area contributed by atoms with Crippen molar-refractivity contribution in [2.24, 2.45) is 0 Å². The average Bonchev–Trinajstić information content (AvgIpc) is 3.42. The van der Waals surface area contributed by atoms with Gasteiger partial charge in [-0.15, -0.1) is 10.2 Å². The molecule has 0 saturated heterocycles. The lowest BCUT2D eigenvalue weighted by Crippen LogP contribution is -2.16. The summed E-state index contributed by atoms with van der Waals surface area (Å²) >= 11 is 1.19. The molecule has 0 aliphatic carbocycles. The molecule has 0 aliphatic rings. The third-order valence-electron chi connectivity index (χ3n) is 4.12. The van der Waals surface area contributed by atoms with Crippen molar-refractivity contribution in [3.63, 3.8) is 0 Å². The molecule has 0 bridgehead atoms. The van der Waals surface area contributed by atoms with Crippen LogP contribution in [0.25, 0.3) is 11.6 Å². The number of nitrogen functional groups attached to an aromatic ring is 1. The Morgan fingerprint density at radius 3 is 2.60 bits per heavy atom. The molecule has 2 heterocycles. The van der Waals surface area contributed by atoms with Crippen LogP contribution in [-0.2, 0) is 11.4 Å². The molecule has 30 heavy (non-hydrogen) atoms. The van der Waals surface area contributed by atoms with Crippen molar-refractivity contribution in [3.05, 3.63) is 78.6 Å². The van der Waals surface area contributed by atoms with Gasteiger partial charge in [-0.25, -0.2) is 4.68 Å². The summed E-state index contributed by atoms with van der Waals surface area (Å²) in [6.07, 6.45) is 1.53. The van der Waals surface area contributed by atoms with Gasteiger partial charge in [0.2, 0.25) is 16.9 Å². The van der Waals surface area contributed by atoms with E-state index in [1.54, 1.807) is 24.3 Å². The highest BCUT2D eigenvalue weighted by atomic mass is 32.2. The third-order valence-corrected chi connectivity index (χ3v) is 5.07. The molecule has 0 aliphatic heterocycles. The van der Waals surface area contributed by atoms with Crippen LogP contribution in [0.5, 0.6) is 5.75 Å². The van der Waals surface area contributed by atoms with Gasteiger partial charge >= 0.3 is 0 Å². The van der Waals surface area contributed by atoms with E-state index >= 15 is 0 Å². The molecule has 0 saturated carbocycles. The molecule has 9 heteroatoms. The lowest BCUT2D eigenvalue weighted by molar-refractivity contribution is -0.113. The SMILES string of the molecule is Nn1c(SCC(=O)Nc2ccc(OCc3ccccc3)cc2)nnc1-c1ccco1. The fourth-order valence-electron chi connectivity index (χ4n) is 2.65. The number of benzene rings is 2. The molecule has 3 N–H and O–H groups in total. The van der Waals surface area contributed by atoms with Crippen molar-refractivity contribution in [3.8, 4) is 17.3 Å². The summed E-state index contributed by atoms with van der Waals surface area (Å²) in [5, 5.41) is 11.3. The van der Waals surface area contributed by atoms with E-state index in [0.717, 1.165) is 11.3 Å². The van der Waals surface area contributed by atoms with Crippen molar-refractivity contribution < 1.29 is 13.9 Å². The van der Waals surface area contributed by atoms with Crippen LogP contribution in [0.3, 0.4) is 0 Å². The number of nitrogens with two attached hydrogens (primary N) is 1. The Morgan fingerprint density at radius 1 is 1.07 bits per heavy atom. The summed E-state index contributed by atoms with van der Waals surface area (Å²) in [7, 11) is 0. The number of rotatable bonds is 8. The summed E-state index contributed by atoms with van der Waals surface area (Å²) in [5.74, 6) is 7.58. The molecule has 1 amide bonds. The first-order valence-corrected chi connectivity index (χ1v) is 10.1. The van der Waals surface area contributed by atoms with Crippen LogP contribution >= 0.6 is 11.8 Å². The molecule has 4 rings (SSSR count). The van der Waals surface area contributed by atoms with E-state index in [2.05, 4.69) is 15.5 Å². The molecule has 2 aromatic carbocycles. The van der Waals surface area contributed by atoms with Crippen molar-refractivity contribution in [1.29, 1.82) is 0 Å². The number of furan rings is 1. The van der Waals surface area contributed by atoms with Crippen LogP contribution in [0, 0.1) is 0 Å². The molecule has 152 valence electrons. The second-order valence-corrected chi connectivity index (χ2v) is 7.23. The van der Waals surface area contributed by atoms with E-state index in [0.29, 0.717) is 29.0 Å². The molecule has 2 aromatic heterocycles. The van der Waals surface area contributed by atoms with Gasteiger partial charge in [-0.3, -0.25) is 4.79 Å². The van der Waals surface area contributed by atoms with Crippen molar-refractivity contribution in [2.75, 3.05) is 16.9 Å². The van der Waals surface area contributed by atoms with E-state index < -0.39 is 0 Å². The zero-order valence-electron chi connectivity index (χ0n) is 15.9. The van der Waals surface area contributed by atoms with Gasteiger partial charge in [0.25, 0.3) is 0 Å². The van der Waals surface area contributed by atoms with Gasteiger partial charge in [-0.1, -0.05) is 42.1 Å². The van der Waals surface area contributed by atoms with Crippen molar-refractivity contribution in [2.45, 2.75) is 11.8 Å². The van der Waals surface area contributed by atoms with Crippen LogP contribution in [0.2, 0.25) is 0 Å². The van der Waals surface area contributed by atoms with Gasteiger partial charge in [-0.05, 0) is 42.0 Å². The highest BCUT2D eigenvalue weighted by molar-refractivity contribution is 7.99. The van der Waals surface area contributed by atoms with E-state index in [1.807, 2.05) is 42.5 Å². The van der Waals surface area contributed by atoms with Gasteiger partial charge in [0.1, 0.15) is 12.4 Å². The quantitative estimate of drug-likeness (QED) is 0.331. The molecular formula is C21H19N5O3S. The lowest BCUT2D eigenvalue weighted by atomic mass is 10.2. The largest absolute Gasteiger partial charge is 0.489 e. The van der Waals surface area contributed by atoms with Gasteiger partial charge < -0.3 is 20.3 Å². The second-order valence-electron chi connectivity index (χ2n) is 6.29. The van der Waals surface area contributed by atoms with E-state index in [1.165, 1.54) is 22.7 Å². The van der Waals surface area contributed by atoms with Crippen LogP contribution in [0.15, 0.2) is 82.6 Å². The fraction of sp³-hybridized carbons (Fsp3) is 0.0952. The smallest absolute Gasteiger partial charge is 0.234 e. The average molecular weight is 421 g/mol. The predicted molar refractivity (Wildman–Crippen MR) is 114 cm³/mol. The molecule has 0 unspecified atom stereocenters. The maximum absolute atomic E-state index is 12.2. The van der Waals surface area contributed by atoms with Crippen LogP contribution < -0.4 is 15.9 Å². The van der Waals surface area contributed by atoms with Gasteiger partial charge in [0.05, 0.1) is 12.0 Å². The number of nitrogens with one attached hydrogen (secondary N) is 1. The maximum atomic E-state index is 12.2. The molecular weight excluding hydrogens is 402 g/mol. The number of amides is 1. The number of ether oxygens (including phenoxy) is 1. The highest BCUT2D eigenvalue weighted by Crippen LogP contribution is 2.22. The standard InChI is InChI=1S/C21H19N5O3S/c22-26-20(18-7-4-12-28-18)24-25-21(26)30-14-19(27)23-16-8-10-17(11-9-16)29-13-15-5-2-1-3-6-15/h1-12H,13-14,22H2,(H,23,27). The zero-order valence-corrected chi connectivity index (χ0v) is 16.7. The third kappa shape index (κ3) is 4.81. The summed E-state index contributed by atoms with van der Waals surface area (Å²) in [6.45, 7) is 0.489. The summed E-state index contributed by atoms with van der Waals surface area (Å²) < 4.78 is 12.3. The van der Waals surface area contributed by atoms with E-state index in [9.17, 15) is 4.79 Å². The summed E-state index contributed by atoms with van der Waals surface area (Å²) in [5.41, 5.74) is 1.77. The Kier molecular flexibility index (Phi) is 6.00. The molecule has 0 atom stereocenters. The van der Waals surface area contributed by atoms with Crippen molar-refractivity contribution >= 4 is 23.4 Å². The molecule has 4 aromatic rings. The van der Waals surface area contributed by atoms with Crippen LogP contribution in [-0.4, -0.2) is 26.5 Å². The fourth-order valence-corrected chi connectivity index (χ4v) is 3.31. The van der Waals surface area contributed by atoms with E-state index in [-0.39, 0.29) is 11.7 Å². The number of carbonyl (C=O) groups excluding carboxylic acids is 1. The minimum Gasteiger partial charge on any atom is -0.489 e. The highest BCUT2D eigenvalue weighted by Gasteiger charge is 2.15. The molecule has 0 fully saturated rings. The van der Waals surface area contributed by atoms with Crippen LogP contribution in [0.1, 0.15) is 5.56 Å². The first-order chi connectivity index (χ1) is 14.7. The lowest BCUT2D eigenvalue weighted by Gasteiger charge is -2.08. The van der Waals surface area contributed by atoms with Gasteiger partial charge in [0.15, 0.2) is 5.76 Å². The van der Waals surface area contributed by atoms with Gasteiger partial charge in [-0.2, -0.15) is 0 Å². The number of carbonyl (C=O) groups is 1. The maximum Gasteiger partial charge on any atom is 0.234 e. The van der Waals surface area contributed by atoms with E-state index in [4.69, 9.17) is 15.0 Å². The number of anilines is 1. The number of thioether (sulfide) groups is 1. The summed E-state index contributed by atoms with van der Waals surface area (Å²) in [4.78, 5) is 12.2. The van der Waals surface area contributed by atoms with Crippen molar-refractivity contribution in [1.82, 2.24) is 14.9 Å².